The van der Waals surface area contributed by atoms with E-state index >= 15 is 0 Å². The maximum Gasteiger partial charge on any atom is 0.228 e. The number of halogens is 1. The van der Waals surface area contributed by atoms with Crippen LogP contribution in [0.2, 0.25) is 5.02 Å². The Balaban J connectivity index is 2.04. The van der Waals surface area contributed by atoms with Crippen LogP contribution in [0.25, 0.3) is 0 Å². The van der Waals surface area contributed by atoms with Crippen molar-refractivity contribution >= 4 is 23.2 Å². The molecule has 0 heterocycles. The van der Waals surface area contributed by atoms with Crippen LogP contribution in [0.4, 0.5) is 5.69 Å². The zero-order valence-electron chi connectivity index (χ0n) is 11.4. The highest BCUT2D eigenvalue weighted by atomic mass is 35.5. The lowest BCUT2D eigenvalue weighted by atomic mass is 10.1. The summed E-state index contributed by atoms with van der Waals surface area (Å²) in [5, 5.41) is 12.0. The summed E-state index contributed by atoms with van der Waals surface area (Å²) in [7, 11) is 1.54. The number of hydrogen-bond acceptors (Lipinski definition) is 3. The van der Waals surface area contributed by atoms with Gasteiger partial charge in [0.2, 0.25) is 5.91 Å². The highest BCUT2D eigenvalue weighted by Crippen LogP contribution is 2.25. The minimum absolute atomic E-state index is 0.175. The van der Waals surface area contributed by atoms with Crippen LogP contribution >= 0.6 is 11.6 Å². The molecule has 0 aromatic heterocycles. The predicted molar refractivity (Wildman–Crippen MR) is 81.5 cm³/mol. The average Bonchev–Trinajstić information content (AvgIpc) is 2.47. The fourth-order valence-corrected chi connectivity index (χ4v) is 2.16. The first kappa shape index (κ1) is 14.9. The third-order valence-electron chi connectivity index (χ3n) is 2.86. The van der Waals surface area contributed by atoms with Crippen LogP contribution in [0.1, 0.15) is 11.1 Å². The van der Waals surface area contributed by atoms with Crippen molar-refractivity contribution in [1.29, 1.82) is 5.26 Å². The van der Waals surface area contributed by atoms with Gasteiger partial charge in [0, 0.05) is 5.69 Å². The summed E-state index contributed by atoms with van der Waals surface area (Å²) in [5.41, 5.74) is 1.88. The largest absolute Gasteiger partial charge is 0.495 e. The van der Waals surface area contributed by atoms with Crippen LogP contribution in [-0.2, 0) is 11.2 Å². The molecule has 0 aliphatic rings. The van der Waals surface area contributed by atoms with Crippen molar-refractivity contribution in [3.63, 3.8) is 0 Å². The van der Waals surface area contributed by atoms with E-state index in [0.717, 1.165) is 5.56 Å². The third-order valence-corrected chi connectivity index (χ3v) is 3.15. The molecule has 2 aromatic carbocycles. The van der Waals surface area contributed by atoms with Crippen LogP contribution in [-0.4, -0.2) is 13.0 Å². The summed E-state index contributed by atoms with van der Waals surface area (Å²) in [6.07, 6.45) is 0.195. The van der Waals surface area contributed by atoms with Gasteiger partial charge in [-0.3, -0.25) is 4.79 Å². The molecule has 0 spiro atoms. The molecular formula is C16H13ClN2O2. The van der Waals surface area contributed by atoms with Crippen molar-refractivity contribution in [2.24, 2.45) is 0 Å². The number of anilines is 1. The molecule has 0 aliphatic carbocycles. The second-order valence-corrected chi connectivity index (χ2v) is 4.79. The SMILES string of the molecule is COc1ccc(CC(=O)Nc2cccc(C#N)c2)cc1Cl. The Morgan fingerprint density at radius 2 is 2.14 bits per heavy atom. The predicted octanol–water partition coefficient (Wildman–Crippen LogP) is 3.40. The van der Waals surface area contributed by atoms with Gasteiger partial charge in [-0.15, -0.1) is 0 Å². The van der Waals surface area contributed by atoms with E-state index in [-0.39, 0.29) is 12.3 Å². The molecule has 106 valence electrons. The van der Waals surface area contributed by atoms with Gasteiger partial charge in [-0.2, -0.15) is 5.26 Å². The van der Waals surface area contributed by atoms with Crippen molar-refractivity contribution in [1.82, 2.24) is 0 Å². The Labute approximate surface area is 127 Å². The molecule has 0 saturated carbocycles. The average molecular weight is 301 g/mol. The first-order valence-corrected chi connectivity index (χ1v) is 6.62. The Kier molecular flexibility index (Phi) is 4.81. The zero-order chi connectivity index (χ0) is 15.2. The Morgan fingerprint density at radius 1 is 1.33 bits per heavy atom. The number of hydrogen-bond donors (Lipinski definition) is 1. The first-order valence-electron chi connectivity index (χ1n) is 6.25. The summed E-state index contributed by atoms with van der Waals surface area (Å²) >= 11 is 6.02. The minimum Gasteiger partial charge on any atom is -0.495 e. The minimum atomic E-state index is -0.175. The van der Waals surface area contributed by atoms with E-state index in [1.807, 2.05) is 6.07 Å². The van der Waals surface area contributed by atoms with E-state index in [2.05, 4.69) is 5.32 Å². The molecule has 5 heteroatoms. The summed E-state index contributed by atoms with van der Waals surface area (Å²) in [6.45, 7) is 0. The van der Waals surface area contributed by atoms with E-state index in [0.29, 0.717) is 22.0 Å². The number of nitrogens with one attached hydrogen (secondary N) is 1. The Bertz CT molecular complexity index is 708. The molecule has 0 radical (unpaired) electrons. The number of carbonyl (C=O) groups excluding carboxylic acids is 1. The quantitative estimate of drug-likeness (QED) is 0.941. The molecule has 21 heavy (non-hydrogen) atoms. The number of carbonyl (C=O) groups is 1. The lowest BCUT2D eigenvalue weighted by molar-refractivity contribution is -0.115. The summed E-state index contributed by atoms with van der Waals surface area (Å²) in [5.74, 6) is 0.397. The van der Waals surface area contributed by atoms with Gasteiger partial charge in [-0.05, 0) is 35.9 Å². The third kappa shape index (κ3) is 3.98. The van der Waals surface area contributed by atoms with Gasteiger partial charge in [-0.1, -0.05) is 23.7 Å². The molecular weight excluding hydrogens is 288 g/mol. The second-order valence-electron chi connectivity index (χ2n) is 4.39. The maximum atomic E-state index is 12.0. The highest BCUT2D eigenvalue weighted by molar-refractivity contribution is 6.32. The Morgan fingerprint density at radius 3 is 2.81 bits per heavy atom. The van der Waals surface area contributed by atoms with Gasteiger partial charge < -0.3 is 10.1 Å². The normalized spacial score (nSPS) is 9.76. The van der Waals surface area contributed by atoms with Gasteiger partial charge in [0.15, 0.2) is 0 Å². The van der Waals surface area contributed by atoms with Gasteiger partial charge >= 0.3 is 0 Å². The lowest BCUT2D eigenvalue weighted by Gasteiger charge is -2.07. The van der Waals surface area contributed by atoms with Crippen molar-refractivity contribution in [3.05, 3.63) is 58.6 Å². The molecule has 4 nitrogen and oxygen atoms in total. The van der Waals surface area contributed by atoms with Gasteiger partial charge in [0.1, 0.15) is 5.75 Å². The van der Waals surface area contributed by atoms with E-state index in [1.165, 1.54) is 7.11 Å². The number of rotatable bonds is 4. The number of amides is 1. The van der Waals surface area contributed by atoms with Crippen molar-refractivity contribution in [2.75, 3.05) is 12.4 Å². The van der Waals surface area contributed by atoms with Crippen molar-refractivity contribution in [2.45, 2.75) is 6.42 Å². The summed E-state index contributed by atoms with van der Waals surface area (Å²) in [4.78, 5) is 12.0. The number of nitriles is 1. The van der Waals surface area contributed by atoms with E-state index in [9.17, 15) is 4.79 Å². The number of ether oxygens (including phenoxy) is 1. The fraction of sp³-hybridized carbons (Fsp3) is 0.125. The van der Waals surface area contributed by atoms with E-state index in [1.54, 1.807) is 42.5 Å². The summed E-state index contributed by atoms with van der Waals surface area (Å²) < 4.78 is 5.06. The standard InChI is InChI=1S/C16H13ClN2O2/c1-21-15-6-5-11(8-14(15)17)9-16(20)19-13-4-2-3-12(7-13)10-18/h2-8H,9H2,1H3,(H,19,20). The highest BCUT2D eigenvalue weighted by Gasteiger charge is 2.07. The molecule has 0 unspecified atom stereocenters. The molecule has 1 amide bonds. The molecule has 0 bridgehead atoms. The molecule has 2 aromatic rings. The topological polar surface area (TPSA) is 62.1 Å². The van der Waals surface area contributed by atoms with Gasteiger partial charge in [-0.25, -0.2) is 0 Å². The van der Waals surface area contributed by atoms with Crippen molar-refractivity contribution < 1.29 is 9.53 Å². The van der Waals surface area contributed by atoms with E-state index in [4.69, 9.17) is 21.6 Å². The molecule has 0 aliphatic heterocycles. The van der Waals surface area contributed by atoms with Crippen LogP contribution in [0.3, 0.4) is 0 Å². The monoisotopic (exact) mass is 300 g/mol. The number of benzene rings is 2. The van der Waals surface area contributed by atoms with Crippen LogP contribution in [0.5, 0.6) is 5.75 Å². The maximum absolute atomic E-state index is 12.0. The molecule has 0 atom stereocenters. The van der Waals surface area contributed by atoms with Gasteiger partial charge in [0.25, 0.3) is 0 Å². The van der Waals surface area contributed by atoms with Crippen molar-refractivity contribution in [3.8, 4) is 11.8 Å². The second kappa shape index (κ2) is 6.78. The first-order chi connectivity index (χ1) is 10.1. The van der Waals surface area contributed by atoms with Crippen LogP contribution in [0, 0.1) is 11.3 Å². The molecule has 2 rings (SSSR count). The summed E-state index contributed by atoms with van der Waals surface area (Å²) in [6, 6.07) is 14.0. The van der Waals surface area contributed by atoms with E-state index < -0.39 is 0 Å². The molecule has 1 N–H and O–H groups in total. The van der Waals surface area contributed by atoms with Gasteiger partial charge in [0.05, 0.1) is 30.2 Å². The molecule has 0 fully saturated rings. The number of nitrogens with zero attached hydrogens (tertiary/aromatic N) is 1. The zero-order valence-corrected chi connectivity index (χ0v) is 12.1. The smallest absolute Gasteiger partial charge is 0.228 e. The van der Waals surface area contributed by atoms with Crippen LogP contribution < -0.4 is 10.1 Å². The fourth-order valence-electron chi connectivity index (χ4n) is 1.88. The molecule has 0 saturated heterocycles. The lowest BCUT2D eigenvalue weighted by Crippen LogP contribution is -2.14. The Hall–Kier alpha value is -2.51. The van der Waals surface area contributed by atoms with Crippen LogP contribution in [0.15, 0.2) is 42.5 Å². The number of methoxy groups -OCH3 is 1.